The van der Waals surface area contributed by atoms with Gasteiger partial charge in [0, 0.05) is 6.54 Å². The second-order valence-electron chi connectivity index (χ2n) is 3.62. The summed E-state index contributed by atoms with van der Waals surface area (Å²) in [4.78, 5) is 8.42. The first-order valence-corrected chi connectivity index (χ1v) is 5.58. The molecule has 16 heavy (non-hydrogen) atoms. The SMILES string of the molecule is CCCn1nc(C)c2c(OCC)ncnc21. The molecule has 5 nitrogen and oxygen atoms in total. The zero-order valence-corrected chi connectivity index (χ0v) is 9.90. The van der Waals surface area contributed by atoms with Crippen molar-refractivity contribution in [1.82, 2.24) is 19.7 Å². The molecular formula is C11H16N4O. The van der Waals surface area contributed by atoms with E-state index in [0.717, 1.165) is 29.7 Å². The topological polar surface area (TPSA) is 52.8 Å². The molecule has 2 rings (SSSR count). The molecule has 0 bridgehead atoms. The van der Waals surface area contributed by atoms with Crippen LogP contribution in [0.25, 0.3) is 11.0 Å². The number of hydrogen-bond donors (Lipinski definition) is 0. The van der Waals surface area contributed by atoms with Crippen molar-refractivity contribution in [2.75, 3.05) is 6.61 Å². The lowest BCUT2D eigenvalue weighted by atomic mass is 10.3. The molecule has 0 aromatic carbocycles. The smallest absolute Gasteiger partial charge is 0.228 e. The highest BCUT2D eigenvalue weighted by atomic mass is 16.5. The summed E-state index contributed by atoms with van der Waals surface area (Å²) < 4.78 is 7.40. The number of nitrogens with zero attached hydrogens (tertiary/aromatic N) is 4. The van der Waals surface area contributed by atoms with E-state index in [-0.39, 0.29) is 0 Å². The number of hydrogen-bond acceptors (Lipinski definition) is 4. The number of rotatable bonds is 4. The van der Waals surface area contributed by atoms with E-state index < -0.39 is 0 Å². The molecule has 86 valence electrons. The monoisotopic (exact) mass is 220 g/mol. The van der Waals surface area contributed by atoms with Crippen LogP contribution >= 0.6 is 0 Å². The Bertz CT molecular complexity index is 492. The Kier molecular flexibility index (Phi) is 3.03. The third-order valence-corrected chi connectivity index (χ3v) is 2.39. The Labute approximate surface area is 94.5 Å². The Morgan fingerprint density at radius 1 is 1.31 bits per heavy atom. The van der Waals surface area contributed by atoms with Gasteiger partial charge in [-0.15, -0.1) is 0 Å². The fourth-order valence-electron chi connectivity index (χ4n) is 1.77. The zero-order chi connectivity index (χ0) is 11.5. The number of aryl methyl sites for hydroxylation is 2. The summed E-state index contributed by atoms with van der Waals surface area (Å²) in [5, 5.41) is 5.39. The highest BCUT2D eigenvalue weighted by molar-refractivity contribution is 5.83. The van der Waals surface area contributed by atoms with Crippen molar-refractivity contribution >= 4 is 11.0 Å². The Hall–Kier alpha value is -1.65. The fourth-order valence-corrected chi connectivity index (χ4v) is 1.77. The highest BCUT2D eigenvalue weighted by Gasteiger charge is 2.13. The Balaban J connectivity index is 2.59. The van der Waals surface area contributed by atoms with Gasteiger partial charge in [-0.2, -0.15) is 5.10 Å². The van der Waals surface area contributed by atoms with Crippen molar-refractivity contribution in [3.05, 3.63) is 12.0 Å². The molecule has 2 aromatic heterocycles. The van der Waals surface area contributed by atoms with Gasteiger partial charge in [0.25, 0.3) is 0 Å². The number of aromatic nitrogens is 4. The molecule has 2 aromatic rings. The minimum atomic E-state index is 0.602. The van der Waals surface area contributed by atoms with Crippen LogP contribution in [-0.4, -0.2) is 26.4 Å². The van der Waals surface area contributed by atoms with Gasteiger partial charge < -0.3 is 4.74 Å². The molecule has 0 saturated carbocycles. The van der Waals surface area contributed by atoms with Crippen LogP contribution in [0, 0.1) is 6.92 Å². The molecule has 0 spiro atoms. The van der Waals surface area contributed by atoms with Crippen LogP contribution in [-0.2, 0) is 6.54 Å². The lowest BCUT2D eigenvalue weighted by Crippen LogP contribution is -2.01. The van der Waals surface area contributed by atoms with Gasteiger partial charge in [-0.25, -0.2) is 14.6 Å². The fraction of sp³-hybridized carbons (Fsp3) is 0.545. The minimum Gasteiger partial charge on any atom is -0.477 e. The summed E-state index contributed by atoms with van der Waals surface area (Å²) in [6.07, 6.45) is 2.56. The van der Waals surface area contributed by atoms with E-state index in [4.69, 9.17) is 4.74 Å². The molecule has 0 saturated heterocycles. The molecule has 0 aliphatic rings. The second kappa shape index (κ2) is 4.47. The van der Waals surface area contributed by atoms with Crippen LogP contribution in [0.15, 0.2) is 6.33 Å². The summed E-state index contributed by atoms with van der Waals surface area (Å²) in [5.41, 5.74) is 1.78. The van der Waals surface area contributed by atoms with E-state index >= 15 is 0 Å². The van der Waals surface area contributed by atoms with Crippen molar-refractivity contribution in [1.29, 1.82) is 0 Å². The summed E-state index contributed by atoms with van der Waals surface area (Å²) in [7, 11) is 0. The van der Waals surface area contributed by atoms with Crippen LogP contribution in [0.2, 0.25) is 0 Å². The molecule has 2 heterocycles. The van der Waals surface area contributed by atoms with Crippen molar-refractivity contribution in [2.45, 2.75) is 33.7 Å². The van der Waals surface area contributed by atoms with E-state index in [2.05, 4.69) is 22.0 Å². The maximum atomic E-state index is 5.49. The predicted molar refractivity (Wildman–Crippen MR) is 61.5 cm³/mol. The highest BCUT2D eigenvalue weighted by Crippen LogP contribution is 2.24. The van der Waals surface area contributed by atoms with Crippen LogP contribution < -0.4 is 4.74 Å². The average molecular weight is 220 g/mol. The van der Waals surface area contributed by atoms with Crippen molar-refractivity contribution in [2.24, 2.45) is 0 Å². The molecule has 0 aliphatic carbocycles. The van der Waals surface area contributed by atoms with Crippen molar-refractivity contribution < 1.29 is 4.74 Å². The first-order chi connectivity index (χ1) is 7.77. The average Bonchev–Trinajstić information content (AvgIpc) is 2.58. The van der Waals surface area contributed by atoms with Crippen LogP contribution in [0.1, 0.15) is 26.0 Å². The molecule has 5 heteroatoms. The third-order valence-electron chi connectivity index (χ3n) is 2.39. The largest absolute Gasteiger partial charge is 0.477 e. The standard InChI is InChI=1S/C11H16N4O/c1-4-6-15-10-9(8(3)14-15)11(16-5-2)13-7-12-10/h7H,4-6H2,1-3H3. The summed E-state index contributed by atoms with van der Waals surface area (Å²) >= 11 is 0. The Morgan fingerprint density at radius 3 is 2.81 bits per heavy atom. The van der Waals surface area contributed by atoms with Crippen molar-refractivity contribution in [3.63, 3.8) is 0 Å². The molecule has 0 atom stereocenters. The molecular weight excluding hydrogens is 204 g/mol. The second-order valence-corrected chi connectivity index (χ2v) is 3.62. The van der Waals surface area contributed by atoms with Gasteiger partial charge in [0.1, 0.15) is 11.7 Å². The van der Waals surface area contributed by atoms with Crippen LogP contribution in [0.5, 0.6) is 5.88 Å². The Morgan fingerprint density at radius 2 is 2.12 bits per heavy atom. The van der Waals surface area contributed by atoms with Gasteiger partial charge in [0.2, 0.25) is 5.88 Å². The molecule has 0 unspecified atom stereocenters. The van der Waals surface area contributed by atoms with Gasteiger partial charge in [0.05, 0.1) is 12.3 Å². The summed E-state index contributed by atoms with van der Waals surface area (Å²) in [5.74, 6) is 0.632. The lowest BCUT2D eigenvalue weighted by Gasteiger charge is -2.03. The first-order valence-electron chi connectivity index (χ1n) is 5.58. The quantitative estimate of drug-likeness (QED) is 0.790. The molecule has 0 radical (unpaired) electrons. The van der Waals surface area contributed by atoms with Gasteiger partial charge in [0.15, 0.2) is 5.65 Å². The van der Waals surface area contributed by atoms with Crippen molar-refractivity contribution in [3.8, 4) is 5.88 Å². The maximum Gasteiger partial charge on any atom is 0.228 e. The van der Waals surface area contributed by atoms with Gasteiger partial charge in [-0.1, -0.05) is 6.92 Å². The number of fused-ring (bicyclic) bond motifs is 1. The normalized spacial score (nSPS) is 10.9. The third kappa shape index (κ3) is 1.73. The van der Waals surface area contributed by atoms with Gasteiger partial charge >= 0.3 is 0 Å². The van der Waals surface area contributed by atoms with Crippen LogP contribution in [0.3, 0.4) is 0 Å². The van der Waals surface area contributed by atoms with E-state index in [9.17, 15) is 0 Å². The zero-order valence-electron chi connectivity index (χ0n) is 9.90. The summed E-state index contributed by atoms with van der Waals surface area (Å²) in [6.45, 7) is 7.49. The van der Waals surface area contributed by atoms with E-state index in [0.29, 0.717) is 12.5 Å². The number of ether oxygens (including phenoxy) is 1. The molecule has 0 fully saturated rings. The molecule has 0 amide bonds. The molecule has 0 aliphatic heterocycles. The lowest BCUT2D eigenvalue weighted by molar-refractivity contribution is 0.330. The van der Waals surface area contributed by atoms with E-state index in [1.54, 1.807) is 0 Å². The summed E-state index contributed by atoms with van der Waals surface area (Å²) in [6, 6.07) is 0. The van der Waals surface area contributed by atoms with Gasteiger partial charge in [-0.05, 0) is 20.3 Å². The predicted octanol–water partition coefficient (Wildman–Crippen LogP) is 1.94. The first kappa shape index (κ1) is 10.9. The maximum absolute atomic E-state index is 5.49. The van der Waals surface area contributed by atoms with E-state index in [1.807, 2.05) is 18.5 Å². The van der Waals surface area contributed by atoms with Gasteiger partial charge in [-0.3, -0.25) is 0 Å². The van der Waals surface area contributed by atoms with E-state index in [1.165, 1.54) is 6.33 Å². The van der Waals surface area contributed by atoms with Crippen LogP contribution in [0.4, 0.5) is 0 Å². The minimum absolute atomic E-state index is 0.602. The molecule has 0 N–H and O–H groups in total.